The predicted octanol–water partition coefficient (Wildman–Crippen LogP) is 5.42. The lowest BCUT2D eigenvalue weighted by molar-refractivity contribution is -0.118. The first kappa shape index (κ1) is 30.8. The van der Waals surface area contributed by atoms with Gasteiger partial charge in [-0.25, -0.2) is 10.2 Å². The number of methoxy groups -OCH3 is 3. The Morgan fingerprint density at radius 3 is 2.11 bits per heavy atom. The Labute approximate surface area is 263 Å². The number of carbonyl (C=O) groups excluding carboxylic acids is 2. The van der Waals surface area contributed by atoms with Crippen LogP contribution >= 0.6 is 11.8 Å². The van der Waals surface area contributed by atoms with Crippen LogP contribution in [0.4, 0.5) is 0 Å². The Morgan fingerprint density at radius 1 is 0.844 bits per heavy atom. The molecule has 5 rings (SSSR count). The standard InChI is InChI=1S/C33H29N5O6S/c1-41-27-18-24(19-28(42-2)30(27)43-3)31-36-37-33(38(31)25-12-8-5-9-13-25)45-21-29(39)35-34-20-22-14-16-26(17-15-22)44-32(40)23-10-6-4-7-11-23/h4-20H,21H2,1-3H3,(H,35,39)/b34-20+. The maximum absolute atomic E-state index is 12.7. The lowest BCUT2D eigenvalue weighted by Gasteiger charge is -2.15. The largest absolute Gasteiger partial charge is 0.493 e. The molecule has 5 aromatic rings. The fourth-order valence-electron chi connectivity index (χ4n) is 4.27. The molecule has 1 heterocycles. The second-order valence-corrected chi connectivity index (χ2v) is 10.2. The van der Waals surface area contributed by atoms with Crippen LogP contribution in [-0.4, -0.2) is 59.9 Å². The van der Waals surface area contributed by atoms with Gasteiger partial charge in [0.15, 0.2) is 22.5 Å². The number of esters is 1. The summed E-state index contributed by atoms with van der Waals surface area (Å²) in [5.41, 5.74) is 5.19. The van der Waals surface area contributed by atoms with Gasteiger partial charge in [0.2, 0.25) is 5.75 Å². The summed E-state index contributed by atoms with van der Waals surface area (Å²) in [6.45, 7) is 0. The van der Waals surface area contributed by atoms with Gasteiger partial charge < -0.3 is 18.9 Å². The van der Waals surface area contributed by atoms with Crippen LogP contribution in [0.25, 0.3) is 17.1 Å². The normalized spacial score (nSPS) is 10.8. The highest BCUT2D eigenvalue weighted by molar-refractivity contribution is 7.99. The molecule has 1 aromatic heterocycles. The third-order valence-electron chi connectivity index (χ3n) is 6.41. The average Bonchev–Trinajstić information content (AvgIpc) is 3.52. The highest BCUT2D eigenvalue weighted by Crippen LogP contribution is 2.41. The van der Waals surface area contributed by atoms with Gasteiger partial charge in [-0.2, -0.15) is 5.10 Å². The van der Waals surface area contributed by atoms with Gasteiger partial charge in [-0.15, -0.1) is 10.2 Å². The second-order valence-electron chi connectivity index (χ2n) is 9.30. The average molecular weight is 624 g/mol. The van der Waals surface area contributed by atoms with Gasteiger partial charge in [0.1, 0.15) is 5.75 Å². The van der Waals surface area contributed by atoms with Gasteiger partial charge in [-0.05, 0) is 66.2 Å². The molecular weight excluding hydrogens is 594 g/mol. The van der Waals surface area contributed by atoms with Crippen LogP contribution in [0.5, 0.6) is 23.0 Å². The molecular formula is C33H29N5O6S. The molecule has 0 atom stereocenters. The molecule has 0 radical (unpaired) electrons. The van der Waals surface area contributed by atoms with E-state index < -0.39 is 5.97 Å². The summed E-state index contributed by atoms with van der Waals surface area (Å²) in [6, 6.07) is 28.7. The van der Waals surface area contributed by atoms with E-state index in [1.807, 2.05) is 41.0 Å². The minimum atomic E-state index is -0.444. The number of rotatable bonds is 12. The van der Waals surface area contributed by atoms with Crippen LogP contribution in [0.2, 0.25) is 0 Å². The number of carbonyl (C=O) groups is 2. The van der Waals surface area contributed by atoms with Crippen molar-refractivity contribution < 1.29 is 28.5 Å². The van der Waals surface area contributed by atoms with Crippen molar-refractivity contribution in [2.75, 3.05) is 27.1 Å². The molecule has 0 unspecified atom stereocenters. The van der Waals surface area contributed by atoms with Crippen molar-refractivity contribution in [3.05, 3.63) is 108 Å². The van der Waals surface area contributed by atoms with Crippen LogP contribution in [0.15, 0.2) is 107 Å². The smallest absolute Gasteiger partial charge is 0.343 e. The minimum absolute atomic E-state index is 0.0337. The Morgan fingerprint density at radius 2 is 1.49 bits per heavy atom. The Kier molecular flexibility index (Phi) is 10.1. The van der Waals surface area contributed by atoms with E-state index in [0.29, 0.717) is 50.7 Å². The topological polar surface area (TPSA) is 126 Å². The molecule has 0 saturated carbocycles. The van der Waals surface area contributed by atoms with Gasteiger partial charge >= 0.3 is 5.97 Å². The molecule has 11 nitrogen and oxygen atoms in total. The van der Waals surface area contributed by atoms with Crippen molar-refractivity contribution in [3.8, 4) is 40.1 Å². The van der Waals surface area contributed by atoms with Crippen LogP contribution in [0.3, 0.4) is 0 Å². The molecule has 1 amide bonds. The fourth-order valence-corrected chi connectivity index (χ4v) is 5.02. The first-order valence-electron chi connectivity index (χ1n) is 13.6. The SMILES string of the molecule is COc1cc(-c2nnc(SCC(=O)N/N=C/c3ccc(OC(=O)c4ccccc4)cc3)n2-c2ccccc2)cc(OC)c1OC. The first-order valence-corrected chi connectivity index (χ1v) is 14.6. The fraction of sp³-hybridized carbons (Fsp3) is 0.121. The van der Waals surface area contributed by atoms with Crippen LogP contribution in [0.1, 0.15) is 15.9 Å². The molecule has 12 heteroatoms. The summed E-state index contributed by atoms with van der Waals surface area (Å²) in [7, 11) is 4.63. The van der Waals surface area contributed by atoms with Gasteiger partial charge in [0.05, 0.1) is 38.9 Å². The van der Waals surface area contributed by atoms with Gasteiger partial charge in [-0.3, -0.25) is 9.36 Å². The number of benzene rings is 4. The first-order chi connectivity index (χ1) is 22.0. The van der Waals surface area contributed by atoms with E-state index in [-0.39, 0.29) is 11.7 Å². The van der Waals surface area contributed by atoms with E-state index in [1.54, 1.807) is 82.0 Å². The number of aromatic nitrogens is 3. The van der Waals surface area contributed by atoms with Gasteiger partial charge in [0, 0.05) is 11.3 Å². The number of para-hydroxylation sites is 1. The zero-order valence-electron chi connectivity index (χ0n) is 24.7. The molecule has 4 aromatic carbocycles. The van der Waals surface area contributed by atoms with E-state index in [4.69, 9.17) is 18.9 Å². The summed E-state index contributed by atoms with van der Waals surface area (Å²) in [5.74, 6) is 1.60. The summed E-state index contributed by atoms with van der Waals surface area (Å²) in [5, 5.41) is 13.4. The monoisotopic (exact) mass is 623 g/mol. The summed E-state index contributed by atoms with van der Waals surface area (Å²) < 4.78 is 23.8. The number of nitrogens with one attached hydrogen (secondary N) is 1. The molecule has 45 heavy (non-hydrogen) atoms. The highest BCUT2D eigenvalue weighted by atomic mass is 32.2. The van der Waals surface area contributed by atoms with Crippen molar-refractivity contribution in [1.29, 1.82) is 0 Å². The molecule has 1 N–H and O–H groups in total. The van der Waals surface area contributed by atoms with Crippen LogP contribution in [-0.2, 0) is 4.79 Å². The maximum atomic E-state index is 12.7. The molecule has 0 fully saturated rings. The number of hydrazone groups is 1. The molecule has 0 aliphatic heterocycles. The third kappa shape index (κ3) is 7.48. The highest BCUT2D eigenvalue weighted by Gasteiger charge is 2.21. The molecule has 0 spiro atoms. The van der Waals surface area contributed by atoms with E-state index in [0.717, 1.165) is 5.69 Å². The molecule has 0 aliphatic carbocycles. The zero-order chi connectivity index (χ0) is 31.6. The molecule has 228 valence electrons. The number of hydrogen-bond donors (Lipinski definition) is 1. The van der Waals surface area contributed by atoms with Crippen LogP contribution in [0, 0.1) is 0 Å². The van der Waals surface area contributed by atoms with Crippen molar-refractivity contribution in [3.63, 3.8) is 0 Å². The van der Waals surface area contributed by atoms with Gasteiger partial charge in [-0.1, -0.05) is 48.2 Å². The second kappa shape index (κ2) is 14.7. The number of hydrogen-bond acceptors (Lipinski definition) is 10. The maximum Gasteiger partial charge on any atom is 0.343 e. The molecule has 0 saturated heterocycles. The Balaban J connectivity index is 1.25. The third-order valence-corrected chi connectivity index (χ3v) is 7.33. The minimum Gasteiger partial charge on any atom is -0.493 e. The summed E-state index contributed by atoms with van der Waals surface area (Å²) in [4.78, 5) is 24.9. The van der Waals surface area contributed by atoms with E-state index in [1.165, 1.54) is 18.0 Å². The van der Waals surface area contributed by atoms with Crippen molar-refractivity contribution >= 4 is 29.9 Å². The van der Waals surface area contributed by atoms with E-state index >= 15 is 0 Å². The summed E-state index contributed by atoms with van der Waals surface area (Å²) >= 11 is 1.21. The lowest BCUT2D eigenvalue weighted by Crippen LogP contribution is -2.20. The van der Waals surface area contributed by atoms with Gasteiger partial charge in [0.25, 0.3) is 5.91 Å². The Bertz CT molecular complexity index is 1770. The quantitative estimate of drug-likeness (QED) is 0.0637. The van der Waals surface area contributed by atoms with E-state index in [9.17, 15) is 9.59 Å². The van der Waals surface area contributed by atoms with Crippen molar-refractivity contribution in [2.24, 2.45) is 5.10 Å². The summed E-state index contributed by atoms with van der Waals surface area (Å²) in [6.07, 6.45) is 1.50. The number of thioether (sulfide) groups is 1. The van der Waals surface area contributed by atoms with Crippen LogP contribution < -0.4 is 24.4 Å². The lowest BCUT2D eigenvalue weighted by atomic mass is 10.1. The molecule has 0 aliphatic rings. The Hall–Kier alpha value is -5.62. The number of amides is 1. The van der Waals surface area contributed by atoms with Crippen molar-refractivity contribution in [2.45, 2.75) is 5.16 Å². The zero-order valence-corrected chi connectivity index (χ0v) is 25.5. The molecule has 0 bridgehead atoms. The predicted molar refractivity (Wildman–Crippen MR) is 171 cm³/mol. The number of nitrogens with zero attached hydrogens (tertiary/aromatic N) is 4. The number of ether oxygens (including phenoxy) is 4. The van der Waals surface area contributed by atoms with E-state index in [2.05, 4.69) is 20.7 Å². The van der Waals surface area contributed by atoms with Crippen molar-refractivity contribution in [1.82, 2.24) is 20.2 Å².